The molecule has 1 aliphatic carbocycles. The second-order valence-electron chi connectivity index (χ2n) is 5.11. The van der Waals surface area contributed by atoms with Gasteiger partial charge >= 0.3 is 0 Å². The Morgan fingerprint density at radius 3 is 2.61 bits per heavy atom. The molecule has 0 radical (unpaired) electrons. The normalized spacial score (nSPS) is 15.7. The molecule has 1 unspecified atom stereocenters. The first-order valence-electron chi connectivity index (χ1n) is 6.48. The second-order valence-corrected chi connectivity index (χ2v) is 6.03. The van der Waals surface area contributed by atoms with Gasteiger partial charge < -0.3 is 4.42 Å². The molecule has 1 heterocycles. The van der Waals surface area contributed by atoms with Crippen molar-refractivity contribution in [2.45, 2.75) is 37.9 Å². The summed E-state index contributed by atoms with van der Waals surface area (Å²) in [5.74, 6) is 1.99. The van der Waals surface area contributed by atoms with Gasteiger partial charge in [0, 0.05) is 5.56 Å². The van der Waals surface area contributed by atoms with Crippen molar-refractivity contribution in [3.63, 3.8) is 0 Å². The molecule has 0 saturated heterocycles. The topological polar surface area (TPSA) is 13.1 Å². The van der Waals surface area contributed by atoms with E-state index in [1.54, 1.807) is 0 Å². The Bertz CT molecular complexity index is 583. The summed E-state index contributed by atoms with van der Waals surface area (Å²) in [5, 5.41) is 0. The SMILES string of the molecule is Cc1cc(C(Br)c2ccc3c(c2)CCC3)c(C)o1. The molecule has 1 nitrogen and oxygen atoms in total. The van der Waals surface area contributed by atoms with Gasteiger partial charge in [-0.1, -0.05) is 34.1 Å². The molecule has 0 spiro atoms. The van der Waals surface area contributed by atoms with Crippen LogP contribution in [0.25, 0.3) is 0 Å². The summed E-state index contributed by atoms with van der Waals surface area (Å²) in [6.07, 6.45) is 3.77. The molecule has 0 saturated carbocycles. The Morgan fingerprint density at radius 1 is 1.11 bits per heavy atom. The van der Waals surface area contributed by atoms with Crippen molar-refractivity contribution in [1.29, 1.82) is 0 Å². The molecule has 3 rings (SSSR count). The van der Waals surface area contributed by atoms with Gasteiger partial charge in [0.05, 0.1) is 4.83 Å². The Morgan fingerprint density at radius 2 is 1.89 bits per heavy atom. The number of hydrogen-bond acceptors (Lipinski definition) is 1. The summed E-state index contributed by atoms with van der Waals surface area (Å²) in [6.45, 7) is 4.03. The molecule has 2 heteroatoms. The molecule has 1 aromatic heterocycles. The monoisotopic (exact) mass is 304 g/mol. The van der Waals surface area contributed by atoms with Gasteiger partial charge in [-0.3, -0.25) is 0 Å². The first-order valence-corrected chi connectivity index (χ1v) is 7.39. The zero-order valence-electron chi connectivity index (χ0n) is 10.8. The third kappa shape index (κ3) is 2.03. The summed E-state index contributed by atoms with van der Waals surface area (Å²) in [7, 11) is 0. The number of furan rings is 1. The quantitative estimate of drug-likeness (QED) is 0.721. The second kappa shape index (κ2) is 4.58. The molecule has 1 atom stereocenters. The van der Waals surface area contributed by atoms with Gasteiger partial charge in [0.15, 0.2) is 0 Å². The number of hydrogen-bond donors (Lipinski definition) is 0. The molecule has 1 aliphatic rings. The van der Waals surface area contributed by atoms with Crippen LogP contribution in [0.5, 0.6) is 0 Å². The summed E-state index contributed by atoms with van der Waals surface area (Å²) >= 11 is 3.81. The van der Waals surface area contributed by atoms with Gasteiger partial charge in [-0.15, -0.1) is 0 Å². The average Bonchev–Trinajstić information content (AvgIpc) is 2.93. The Balaban J connectivity index is 1.97. The van der Waals surface area contributed by atoms with Gasteiger partial charge in [0.25, 0.3) is 0 Å². The number of benzene rings is 1. The van der Waals surface area contributed by atoms with E-state index in [1.807, 2.05) is 13.8 Å². The van der Waals surface area contributed by atoms with Gasteiger partial charge in [0.1, 0.15) is 11.5 Å². The van der Waals surface area contributed by atoms with Crippen molar-refractivity contribution in [3.05, 3.63) is 58.0 Å². The van der Waals surface area contributed by atoms with E-state index in [-0.39, 0.29) is 4.83 Å². The number of alkyl halides is 1. The van der Waals surface area contributed by atoms with E-state index in [4.69, 9.17) is 4.42 Å². The van der Waals surface area contributed by atoms with Crippen molar-refractivity contribution in [1.82, 2.24) is 0 Å². The summed E-state index contributed by atoms with van der Waals surface area (Å²) in [5.41, 5.74) is 5.62. The van der Waals surface area contributed by atoms with Crippen molar-refractivity contribution in [2.75, 3.05) is 0 Å². The lowest BCUT2D eigenvalue weighted by atomic mass is 10.0. The highest BCUT2D eigenvalue weighted by atomic mass is 79.9. The highest BCUT2D eigenvalue weighted by molar-refractivity contribution is 9.09. The number of aryl methyl sites for hydroxylation is 4. The zero-order valence-corrected chi connectivity index (χ0v) is 12.4. The van der Waals surface area contributed by atoms with E-state index in [9.17, 15) is 0 Å². The van der Waals surface area contributed by atoms with E-state index in [1.165, 1.54) is 41.5 Å². The van der Waals surface area contributed by atoms with E-state index in [0.717, 1.165) is 11.5 Å². The van der Waals surface area contributed by atoms with Crippen molar-refractivity contribution in [3.8, 4) is 0 Å². The molecule has 0 amide bonds. The van der Waals surface area contributed by atoms with Gasteiger partial charge in [-0.05, 0) is 55.9 Å². The van der Waals surface area contributed by atoms with Crippen LogP contribution in [0, 0.1) is 13.8 Å². The van der Waals surface area contributed by atoms with E-state index in [0.29, 0.717) is 0 Å². The molecular weight excluding hydrogens is 288 g/mol. The lowest BCUT2D eigenvalue weighted by Crippen LogP contribution is -1.95. The third-order valence-corrected chi connectivity index (χ3v) is 4.79. The van der Waals surface area contributed by atoms with Crippen LogP contribution in [-0.4, -0.2) is 0 Å². The van der Waals surface area contributed by atoms with E-state index < -0.39 is 0 Å². The van der Waals surface area contributed by atoms with Crippen LogP contribution in [0.4, 0.5) is 0 Å². The fourth-order valence-electron chi connectivity index (χ4n) is 2.83. The molecular formula is C16H17BrO. The lowest BCUT2D eigenvalue weighted by molar-refractivity contribution is 0.502. The Labute approximate surface area is 116 Å². The van der Waals surface area contributed by atoms with E-state index in [2.05, 4.69) is 40.2 Å². The molecule has 0 bridgehead atoms. The molecule has 94 valence electrons. The molecule has 2 aromatic rings. The minimum absolute atomic E-state index is 0.237. The van der Waals surface area contributed by atoms with Gasteiger partial charge in [-0.2, -0.15) is 0 Å². The molecule has 1 aromatic carbocycles. The summed E-state index contributed by atoms with van der Waals surface area (Å²) < 4.78 is 5.62. The van der Waals surface area contributed by atoms with Crippen LogP contribution in [0.15, 0.2) is 28.7 Å². The smallest absolute Gasteiger partial charge is 0.105 e. The minimum atomic E-state index is 0.237. The average molecular weight is 305 g/mol. The predicted molar refractivity (Wildman–Crippen MR) is 77.4 cm³/mol. The van der Waals surface area contributed by atoms with Crippen LogP contribution in [-0.2, 0) is 12.8 Å². The van der Waals surface area contributed by atoms with Gasteiger partial charge in [0.2, 0.25) is 0 Å². The maximum Gasteiger partial charge on any atom is 0.105 e. The van der Waals surface area contributed by atoms with Crippen molar-refractivity contribution in [2.24, 2.45) is 0 Å². The van der Waals surface area contributed by atoms with Crippen LogP contribution in [0.3, 0.4) is 0 Å². The van der Waals surface area contributed by atoms with Crippen LogP contribution < -0.4 is 0 Å². The number of rotatable bonds is 2. The predicted octanol–water partition coefficient (Wildman–Crippen LogP) is 4.87. The van der Waals surface area contributed by atoms with Crippen molar-refractivity contribution < 1.29 is 4.42 Å². The third-order valence-electron chi connectivity index (χ3n) is 3.77. The van der Waals surface area contributed by atoms with E-state index >= 15 is 0 Å². The molecule has 18 heavy (non-hydrogen) atoms. The molecule has 0 aliphatic heterocycles. The minimum Gasteiger partial charge on any atom is -0.466 e. The first kappa shape index (κ1) is 12.0. The van der Waals surface area contributed by atoms with Gasteiger partial charge in [-0.25, -0.2) is 0 Å². The van der Waals surface area contributed by atoms with Crippen LogP contribution >= 0.6 is 15.9 Å². The lowest BCUT2D eigenvalue weighted by Gasteiger charge is -2.11. The summed E-state index contributed by atoms with van der Waals surface area (Å²) in [6, 6.07) is 9.01. The highest BCUT2D eigenvalue weighted by Gasteiger charge is 2.18. The molecule has 0 fully saturated rings. The number of fused-ring (bicyclic) bond motifs is 1. The van der Waals surface area contributed by atoms with Crippen LogP contribution in [0.2, 0.25) is 0 Å². The fraction of sp³-hybridized carbons (Fsp3) is 0.375. The molecule has 0 N–H and O–H groups in total. The Kier molecular flexibility index (Phi) is 3.06. The Hall–Kier alpha value is -1.02. The summed E-state index contributed by atoms with van der Waals surface area (Å²) in [4.78, 5) is 0.237. The van der Waals surface area contributed by atoms with Crippen LogP contribution in [0.1, 0.15) is 45.0 Å². The van der Waals surface area contributed by atoms with Crippen molar-refractivity contribution >= 4 is 15.9 Å². The standard InChI is InChI=1S/C16H17BrO/c1-10-8-15(11(2)18-10)16(17)14-7-6-12-4-3-5-13(12)9-14/h6-9,16H,3-5H2,1-2H3. The number of halogens is 1. The fourth-order valence-corrected chi connectivity index (χ4v) is 3.57. The highest BCUT2D eigenvalue weighted by Crippen LogP contribution is 2.36. The maximum atomic E-state index is 5.62. The maximum absolute atomic E-state index is 5.62. The first-order chi connectivity index (χ1) is 8.65. The zero-order chi connectivity index (χ0) is 12.7. The largest absolute Gasteiger partial charge is 0.466 e.